The Kier molecular flexibility index (Phi) is 11.8. The van der Waals surface area contributed by atoms with E-state index in [-0.39, 0.29) is 42.1 Å². The lowest BCUT2D eigenvalue weighted by atomic mass is 9.88. The standard InChI is InChI=1S/C38H15F26O3P/c39-27(40,29(43,44)31(47,48)33(51,52)35(55,56)37(59,60)61)18-8-10-21-16(14-18)6-12-23-25(21)26-22-11-9-19(15-17(22)7-13-24(26)67-68(66-23)65-20-4-2-1-3-5-20)28(41,42)30(45,46)32(49,50)34(53,54)36(57,58)38(62,63)64/h1-15H. The molecule has 372 valence electrons. The lowest BCUT2D eigenvalue weighted by molar-refractivity contribution is -0.441. The molecule has 0 bridgehead atoms. The first-order chi connectivity index (χ1) is 30.6. The Bertz CT molecular complexity index is 2760. The summed E-state index contributed by atoms with van der Waals surface area (Å²) in [6, 6.07) is 9.05. The fourth-order valence-electron chi connectivity index (χ4n) is 6.36. The molecule has 30 heteroatoms. The summed E-state index contributed by atoms with van der Waals surface area (Å²) in [6.07, 6.45) is -15.4. The molecule has 68 heavy (non-hydrogen) atoms. The van der Waals surface area contributed by atoms with Crippen LogP contribution in [0.2, 0.25) is 0 Å². The van der Waals surface area contributed by atoms with Gasteiger partial charge in [-0.05, 0) is 57.9 Å². The number of rotatable bonds is 12. The molecule has 0 atom stereocenters. The van der Waals surface area contributed by atoms with Crippen molar-refractivity contribution < 1.29 is 127 Å². The van der Waals surface area contributed by atoms with E-state index in [2.05, 4.69) is 0 Å². The summed E-state index contributed by atoms with van der Waals surface area (Å²) in [4.78, 5) is 0. The maximum absolute atomic E-state index is 15.3. The normalized spacial score (nSPS) is 14.9. The Balaban J connectivity index is 1.60. The molecule has 0 N–H and O–H groups in total. The van der Waals surface area contributed by atoms with Gasteiger partial charge in [0, 0.05) is 21.9 Å². The van der Waals surface area contributed by atoms with Crippen molar-refractivity contribution in [2.75, 3.05) is 0 Å². The number of hydrogen-bond donors (Lipinski definition) is 0. The fourth-order valence-corrected chi connectivity index (χ4v) is 7.39. The molecule has 0 amide bonds. The van der Waals surface area contributed by atoms with Crippen molar-refractivity contribution in [2.45, 2.75) is 71.6 Å². The van der Waals surface area contributed by atoms with Crippen molar-refractivity contribution in [2.24, 2.45) is 0 Å². The number of para-hydroxylation sites is 1. The van der Waals surface area contributed by atoms with E-state index in [0.29, 0.717) is 24.3 Å². The highest BCUT2D eigenvalue weighted by Gasteiger charge is 2.92. The Hall–Kier alpha value is -5.50. The van der Waals surface area contributed by atoms with Gasteiger partial charge in [-0.15, -0.1) is 0 Å². The number of fused-ring (bicyclic) bond motifs is 7. The predicted molar refractivity (Wildman–Crippen MR) is 183 cm³/mol. The predicted octanol–water partition coefficient (Wildman–Crippen LogP) is 16.8. The third-order valence-electron chi connectivity index (χ3n) is 10.1. The zero-order valence-electron chi connectivity index (χ0n) is 31.7. The second-order valence-electron chi connectivity index (χ2n) is 14.3. The highest BCUT2D eigenvalue weighted by molar-refractivity contribution is 7.32. The largest absolute Gasteiger partial charge is 0.460 e. The van der Waals surface area contributed by atoms with Crippen LogP contribution in [0.25, 0.3) is 43.5 Å². The molecule has 0 fully saturated rings. The topological polar surface area (TPSA) is 35.5 Å². The van der Waals surface area contributed by atoms with Gasteiger partial charge < -0.3 is 12.9 Å². The van der Waals surface area contributed by atoms with Crippen LogP contribution in [0, 0.1) is 0 Å². The quantitative estimate of drug-likeness (QED) is 0.115. The summed E-state index contributed by atoms with van der Waals surface area (Å²) in [5, 5.41) is -4.38. The molecule has 0 radical (unpaired) electrons. The van der Waals surface area contributed by atoms with E-state index >= 15 is 17.6 Å². The Morgan fingerprint density at radius 2 is 0.662 bits per heavy atom. The maximum atomic E-state index is 15.3. The van der Waals surface area contributed by atoms with Gasteiger partial charge in [-0.1, -0.05) is 54.6 Å². The van der Waals surface area contributed by atoms with Crippen LogP contribution in [0.1, 0.15) is 11.1 Å². The van der Waals surface area contributed by atoms with Crippen molar-refractivity contribution in [3.05, 3.63) is 102 Å². The molecule has 6 rings (SSSR count). The van der Waals surface area contributed by atoms with Crippen LogP contribution in [0.3, 0.4) is 0 Å². The van der Waals surface area contributed by atoms with Crippen molar-refractivity contribution in [3.63, 3.8) is 0 Å². The zero-order valence-corrected chi connectivity index (χ0v) is 32.6. The van der Waals surface area contributed by atoms with Crippen molar-refractivity contribution >= 4 is 51.7 Å². The van der Waals surface area contributed by atoms with Crippen LogP contribution in [0.5, 0.6) is 5.75 Å². The molecular formula is C38H15F26O3P. The van der Waals surface area contributed by atoms with E-state index in [1.54, 1.807) is 0 Å². The first-order valence-electron chi connectivity index (χ1n) is 17.5. The molecule has 0 aliphatic rings. The molecule has 0 aliphatic carbocycles. The van der Waals surface area contributed by atoms with Gasteiger partial charge in [0.1, 0.15) is 16.9 Å². The molecule has 0 spiro atoms. The second-order valence-corrected chi connectivity index (χ2v) is 15.3. The third-order valence-corrected chi connectivity index (χ3v) is 11.1. The van der Waals surface area contributed by atoms with E-state index in [1.165, 1.54) is 30.3 Å². The van der Waals surface area contributed by atoms with Crippen molar-refractivity contribution in [1.29, 1.82) is 0 Å². The first kappa shape index (κ1) is 51.9. The Morgan fingerprint density at radius 1 is 0.338 bits per heavy atom. The molecule has 0 saturated heterocycles. The molecule has 0 saturated carbocycles. The molecule has 5 aromatic carbocycles. The summed E-state index contributed by atoms with van der Waals surface area (Å²) >= 11 is 0. The molecular weight excluding hydrogens is 1030 g/mol. The lowest BCUT2D eigenvalue weighted by Gasteiger charge is -2.39. The summed E-state index contributed by atoms with van der Waals surface area (Å²) in [6.45, 7) is 0. The molecule has 6 aromatic rings. The van der Waals surface area contributed by atoms with Gasteiger partial charge in [-0.25, -0.2) is 0 Å². The van der Waals surface area contributed by atoms with Crippen LogP contribution < -0.4 is 4.52 Å². The van der Waals surface area contributed by atoms with Gasteiger partial charge in [-0.2, -0.15) is 114 Å². The second kappa shape index (κ2) is 15.5. The SMILES string of the molecule is FC(F)(F)C(F)(F)C(F)(F)C(F)(F)C(F)(F)C(F)(F)c1ccc2c(ccc3op(Oc4ccccc4)oc4ccc5cc(C(F)(F)C(F)(F)C(F)(F)C(F)(F)C(F)(F)C(F)(F)F)ccc5c4c32)c1. The summed E-state index contributed by atoms with van der Waals surface area (Å²) in [5.41, 5.74) is -6.13. The van der Waals surface area contributed by atoms with E-state index < -0.39 is 134 Å². The summed E-state index contributed by atoms with van der Waals surface area (Å²) < 4.78 is 381. The highest BCUT2D eigenvalue weighted by atomic mass is 31.1. The van der Waals surface area contributed by atoms with Crippen LogP contribution in [-0.4, -0.2) is 59.7 Å². The van der Waals surface area contributed by atoms with Gasteiger partial charge in [-0.3, -0.25) is 0 Å². The highest BCUT2D eigenvalue weighted by Crippen LogP contribution is 2.64. The smallest absolute Gasteiger partial charge is 0.391 e. The van der Waals surface area contributed by atoms with E-state index in [1.807, 2.05) is 0 Å². The first-order valence-corrected chi connectivity index (χ1v) is 18.6. The Morgan fingerprint density at radius 3 is 0.985 bits per heavy atom. The molecule has 3 nitrogen and oxygen atoms in total. The molecule has 0 unspecified atom stereocenters. The van der Waals surface area contributed by atoms with E-state index in [0.717, 1.165) is 0 Å². The number of benzene rings is 5. The average Bonchev–Trinajstić information content (AvgIpc) is 3.38. The van der Waals surface area contributed by atoms with Crippen LogP contribution in [-0.2, 0) is 11.8 Å². The average molecular weight is 1040 g/mol. The number of hydrogen-bond acceptors (Lipinski definition) is 3. The van der Waals surface area contributed by atoms with Crippen LogP contribution >= 0.6 is 8.24 Å². The van der Waals surface area contributed by atoms with Gasteiger partial charge in [0.05, 0.1) is 0 Å². The third kappa shape index (κ3) is 7.20. The van der Waals surface area contributed by atoms with E-state index in [4.69, 9.17) is 12.9 Å². The zero-order chi connectivity index (χ0) is 51.7. The van der Waals surface area contributed by atoms with Gasteiger partial charge in [0.25, 0.3) is 0 Å². The van der Waals surface area contributed by atoms with Gasteiger partial charge in [0.15, 0.2) is 0 Å². The molecule has 1 aromatic heterocycles. The minimum absolute atomic E-state index is 0.0449. The maximum Gasteiger partial charge on any atom is 0.460 e. The molecule has 1 heterocycles. The van der Waals surface area contributed by atoms with Crippen molar-refractivity contribution in [1.82, 2.24) is 0 Å². The van der Waals surface area contributed by atoms with Crippen LogP contribution in [0.4, 0.5) is 114 Å². The van der Waals surface area contributed by atoms with Crippen molar-refractivity contribution in [3.8, 4) is 5.75 Å². The Labute approximate surface area is 358 Å². The number of alkyl halides is 26. The summed E-state index contributed by atoms with van der Waals surface area (Å²) in [7, 11) is -2.85. The monoisotopic (exact) mass is 1040 g/mol. The van der Waals surface area contributed by atoms with Gasteiger partial charge in [0.2, 0.25) is 0 Å². The van der Waals surface area contributed by atoms with Gasteiger partial charge >= 0.3 is 79.8 Å². The summed E-state index contributed by atoms with van der Waals surface area (Å²) in [5.74, 6) is -78.2. The minimum Gasteiger partial charge on any atom is -0.391 e. The number of halogens is 26. The minimum atomic E-state index is -8.25. The molecule has 0 aliphatic heterocycles. The van der Waals surface area contributed by atoms with Crippen LogP contribution in [0.15, 0.2) is 99.4 Å². The lowest BCUT2D eigenvalue weighted by Crippen LogP contribution is -2.69. The fraction of sp³-hybridized carbons (Fsp3) is 0.316. The van der Waals surface area contributed by atoms with E-state index in [9.17, 15) is 96.6 Å².